The van der Waals surface area contributed by atoms with E-state index in [-0.39, 0.29) is 12.8 Å². The minimum Gasteiger partial charge on any atom is -0.396 e. The molecule has 0 amide bonds. The van der Waals surface area contributed by atoms with E-state index >= 15 is 0 Å². The smallest absolute Gasteiger partial charge is 0.396 e. The van der Waals surface area contributed by atoms with Gasteiger partial charge in [-0.3, -0.25) is 9.59 Å². The van der Waals surface area contributed by atoms with Crippen LogP contribution in [0.15, 0.2) is 0 Å². The van der Waals surface area contributed by atoms with E-state index in [1.807, 2.05) is 0 Å². The third-order valence-corrected chi connectivity index (χ3v) is 1.69. The number of rotatable bonds is 6. The number of hydrogen-bond donors (Lipinski definition) is 3. The second kappa shape index (κ2) is 6.41. The molecular formula is C9H16O7. The van der Waals surface area contributed by atoms with Gasteiger partial charge in [-0.25, -0.2) is 0 Å². The molecule has 0 fully saturated rings. The number of carbonyl (C=O) groups excluding carboxylic acids is 2. The summed E-state index contributed by atoms with van der Waals surface area (Å²) in [5.41, 5.74) is 0. The first kappa shape index (κ1) is 14.8. The van der Waals surface area contributed by atoms with Crippen molar-refractivity contribution >= 4 is 11.9 Å². The van der Waals surface area contributed by atoms with Crippen LogP contribution in [0.2, 0.25) is 0 Å². The maximum Gasteiger partial charge on any atom is 0.403 e. The summed E-state index contributed by atoms with van der Waals surface area (Å²) >= 11 is 0. The van der Waals surface area contributed by atoms with Crippen molar-refractivity contribution in [2.24, 2.45) is 0 Å². The van der Waals surface area contributed by atoms with Gasteiger partial charge in [0.2, 0.25) is 0 Å². The van der Waals surface area contributed by atoms with Crippen LogP contribution in [-0.4, -0.2) is 45.9 Å². The highest BCUT2D eigenvalue weighted by Crippen LogP contribution is 2.17. The average Bonchev–Trinajstić information content (AvgIpc) is 2.27. The summed E-state index contributed by atoms with van der Waals surface area (Å²) < 4.78 is 8.75. The molecule has 1 atom stereocenters. The number of aliphatic hydroxyl groups excluding tert-OH is 2. The van der Waals surface area contributed by atoms with Crippen LogP contribution in [0.3, 0.4) is 0 Å². The molecule has 7 heteroatoms. The Bertz CT molecular complexity index is 232. The Balaban J connectivity index is 4.73. The predicted octanol–water partition coefficient (Wildman–Crippen LogP) is -1.11. The fourth-order valence-corrected chi connectivity index (χ4v) is 0.743. The van der Waals surface area contributed by atoms with Gasteiger partial charge in [-0.2, -0.15) is 0 Å². The van der Waals surface area contributed by atoms with Gasteiger partial charge in [0.05, 0.1) is 6.61 Å². The molecule has 0 bridgehead atoms. The third kappa shape index (κ3) is 4.13. The first-order chi connectivity index (χ1) is 7.39. The second-order valence-corrected chi connectivity index (χ2v) is 2.98. The van der Waals surface area contributed by atoms with E-state index < -0.39 is 30.6 Å². The van der Waals surface area contributed by atoms with Crippen molar-refractivity contribution in [3.8, 4) is 0 Å². The highest BCUT2D eigenvalue weighted by atomic mass is 16.8. The molecule has 3 N–H and O–H groups in total. The molecule has 1 unspecified atom stereocenters. The fourth-order valence-electron chi connectivity index (χ4n) is 0.743. The van der Waals surface area contributed by atoms with Gasteiger partial charge in [0.15, 0.2) is 6.10 Å². The molecular weight excluding hydrogens is 220 g/mol. The minimum absolute atomic E-state index is 0.0792. The van der Waals surface area contributed by atoms with Crippen molar-refractivity contribution in [2.75, 3.05) is 6.61 Å². The summed E-state index contributed by atoms with van der Waals surface area (Å²) in [4.78, 5) is 21.9. The molecule has 0 aromatic carbocycles. The van der Waals surface area contributed by atoms with Gasteiger partial charge in [0.1, 0.15) is 0 Å². The molecule has 16 heavy (non-hydrogen) atoms. The Hall–Kier alpha value is -1.18. The van der Waals surface area contributed by atoms with Gasteiger partial charge in [-0.1, -0.05) is 13.8 Å². The Morgan fingerprint density at radius 3 is 1.81 bits per heavy atom. The molecule has 0 radical (unpaired) electrons. The Labute approximate surface area is 92.6 Å². The number of hydrogen-bond acceptors (Lipinski definition) is 7. The second-order valence-electron chi connectivity index (χ2n) is 2.98. The van der Waals surface area contributed by atoms with Crippen LogP contribution in [0.4, 0.5) is 0 Å². The SMILES string of the molecule is CCC(=O)OC(O)(OC(=O)CC)C(O)CO. The predicted molar refractivity (Wildman–Crippen MR) is 50.8 cm³/mol. The highest BCUT2D eigenvalue weighted by molar-refractivity contribution is 5.71. The van der Waals surface area contributed by atoms with E-state index in [1.54, 1.807) is 0 Å². The lowest BCUT2D eigenvalue weighted by molar-refractivity contribution is -0.363. The number of aliphatic hydroxyl groups is 3. The van der Waals surface area contributed by atoms with Crippen molar-refractivity contribution in [1.29, 1.82) is 0 Å². The van der Waals surface area contributed by atoms with Crippen molar-refractivity contribution in [3.63, 3.8) is 0 Å². The van der Waals surface area contributed by atoms with Gasteiger partial charge in [-0.05, 0) is 0 Å². The quantitative estimate of drug-likeness (QED) is 0.396. The van der Waals surface area contributed by atoms with Gasteiger partial charge in [-0.15, -0.1) is 0 Å². The van der Waals surface area contributed by atoms with Gasteiger partial charge < -0.3 is 24.8 Å². The number of esters is 2. The monoisotopic (exact) mass is 236 g/mol. The van der Waals surface area contributed by atoms with Crippen LogP contribution in [0.5, 0.6) is 0 Å². The molecule has 0 aromatic rings. The fraction of sp³-hybridized carbons (Fsp3) is 0.778. The highest BCUT2D eigenvalue weighted by Gasteiger charge is 2.44. The van der Waals surface area contributed by atoms with Crippen LogP contribution >= 0.6 is 0 Å². The zero-order chi connectivity index (χ0) is 12.8. The first-order valence-electron chi connectivity index (χ1n) is 4.84. The van der Waals surface area contributed by atoms with Crippen molar-refractivity contribution in [2.45, 2.75) is 38.8 Å². The van der Waals surface area contributed by atoms with Crippen molar-refractivity contribution in [3.05, 3.63) is 0 Å². The maximum atomic E-state index is 11.0. The van der Waals surface area contributed by atoms with Gasteiger partial charge in [0.25, 0.3) is 0 Å². The minimum atomic E-state index is -2.84. The summed E-state index contributed by atoms with van der Waals surface area (Å²) in [6, 6.07) is 0. The Morgan fingerprint density at radius 2 is 1.56 bits per heavy atom. The molecule has 94 valence electrons. The van der Waals surface area contributed by atoms with E-state index in [0.717, 1.165) is 0 Å². The molecule has 0 saturated carbocycles. The topological polar surface area (TPSA) is 113 Å². The van der Waals surface area contributed by atoms with E-state index in [4.69, 9.17) is 5.11 Å². The van der Waals surface area contributed by atoms with Gasteiger partial charge >= 0.3 is 17.9 Å². The van der Waals surface area contributed by atoms with E-state index in [1.165, 1.54) is 13.8 Å². The van der Waals surface area contributed by atoms with Gasteiger partial charge in [0, 0.05) is 12.8 Å². The Morgan fingerprint density at radius 1 is 1.19 bits per heavy atom. The van der Waals surface area contributed by atoms with E-state index in [9.17, 15) is 19.8 Å². The molecule has 0 aliphatic carbocycles. The van der Waals surface area contributed by atoms with Crippen molar-refractivity contribution < 1.29 is 34.4 Å². The summed E-state index contributed by atoms with van der Waals surface area (Å²) in [6.45, 7) is 1.98. The molecule has 0 aliphatic rings. The first-order valence-corrected chi connectivity index (χ1v) is 4.84. The van der Waals surface area contributed by atoms with Crippen LogP contribution in [0, 0.1) is 0 Å². The van der Waals surface area contributed by atoms with Crippen LogP contribution in [-0.2, 0) is 19.1 Å². The molecule has 0 spiro atoms. The largest absolute Gasteiger partial charge is 0.403 e. The number of carbonyl (C=O) groups is 2. The van der Waals surface area contributed by atoms with E-state index in [2.05, 4.69) is 9.47 Å². The molecule has 0 aliphatic heterocycles. The zero-order valence-electron chi connectivity index (χ0n) is 9.17. The van der Waals surface area contributed by atoms with Crippen LogP contribution in [0.1, 0.15) is 26.7 Å². The third-order valence-electron chi connectivity index (χ3n) is 1.69. The molecule has 0 aromatic heterocycles. The molecule has 0 heterocycles. The lowest BCUT2D eigenvalue weighted by Gasteiger charge is -2.29. The van der Waals surface area contributed by atoms with E-state index in [0.29, 0.717) is 0 Å². The average molecular weight is 236 g/mol. The Kier molecular flexibility index (Phi) is 5.94. The zero-order valence-corrected chi connectivity index (χ0v) is 9.17. The standard InChI is InChI=1S/C9H16O7/c1-3-7(12)15-9(14,6(11)5-10)16-8(13)4-2/h6,10-11,14H,3-5H2,1-2H3. The normalized spacial score (nSPS) is 13.1. The van der Waals surface area contributed by atoms with Crippen LogP contribution < -0.4 is 0 Å². The summed E-state index contributed by atoms with van der Waals surface area (Å²) in [6.07, 6.45) is -2.08. The summed E-state index contributed by atoms with van der Waals surface area (Å²) in [5, 5.41) is 27.4. The molecule has 0 saturated heterocycles. The number of ether oxygens (including phenoxy) is 2. The maximum absolute atomic E-state index is 11.0. The molecule has 7 nitrogen and oxygen atoms in total. The summed E-state index contributed by atoms with van der Waals surface area (Å²) in [7, 11) is 0. The molecule has 0 rings (SSSR count). The van der Waals surface area contributed by atoms with Crippen molar-refractivity contribution in [1.82, 2.24) is 0 Å². The van der Waals surface area contributed by atoms with Crippen LogP contribution in [0.25, 0.3) is 0 Å². The summed E-state index contributed by atoms with van der Waals surface area (Å²) in [5.74, 6) is -4.59. The lowest BCUT2D eigenvalue weighted by atomic mass is 10.3. The lowest BCUT2D eigenvalue weighted by Crippen LogP contribution is -2.51.